The maximum atomic E-state index is 5.26. The topological polar surface area (TPSA) is 12.0 Å². The highest BCUT2D eigenvalue weighted by atomic mass is 14.9. The van der Waals surface area contributed by atoms with Gasteiger partial charge < -0.3 is 5.32 Å². The molecule has 1 nitrogen and oxygen atoms in total. The summed E-state index contributed by atoms with van der Waals surface area (Å²) in [4.78, 5) is 0. The molecular formula is C9H17N. The van der Waals surface area contributed by atoms with Crippen LogP contribution in [0.3, 0.4) is 0 Å². The molecule has 0 aliphatic heterocycles. The van der Waals surface area contributed by atoms with Crippen molar-refractivity contribution in [1.29, 1.82) is 0 Å². The Bertz CT molecular complexity index is 110. The second-order valence-electron chi connectivity index (χ2n) is 2.93. The second kappa shape index (κ2) is 5.32. The van der Waals surface area contributed by atoms with E-state index >= 15 is 0 Å². The zero-order chi connectivity index (χ0) is 7.98. The number of hydrogen-bond donors (Lipinski definition) is 1. The predicted octanol–water partition coefficient (Wildman–Crippen LogP) is 1.64. The van der Waals surface area contributed by atoms with Gasteiger partial charge in [-0.25, -0.2) is 0 Å². The molecule has 0 aliphatic carbocycles. The summed E-state index contributed by atoms with van der Waals surface area (Å²) < 4.78 is 0. The van der Waals surface area contributed by atoms with Crippen LogP contribution in [0, 0.1) is 18.3 Å². The van der Waals surface area contributed by atoms with E-state index in [1.165, 1.54) is 0 Å². The predicted molar refractivity (Wildman–Crippen MR) is 45.8 cm³/mol. The van der Waals surface area contributed by atoms with E-state index in [-0.39, 0.29) is 6.04 Å². The molecule has 0 aliphatic rings. The van der Waals surface area contributed by atoms with Crippen LogP contribution in [-0.2, 0) is 0 Å². The van der Waals surface area contributed by atoms with E-state index < -0.39 is 0 Å². The lowest BCUT2D eigenvalue weighted by Crippen LogP contribution is -2.30. The van der Waals surface area contributed by atoms with Crippen molar-refractivity contribution in [2.24, 2.45) is 5.92 Å². The molecule has 10 heavy (non-hydrogen) atoms. The molecule has 0 aromatic heterocycles. The summed E-state index contributed by atoms with van der Waals surface area (Å²) in [6.45, 7) is 7.47. The van der Waals surface area contributed by atoms with Crippen LogP contribution < -0.4 is 5.32 Å². The van der Waals surface area contributed by atoms with E-state index in [2.05, 4.69) is 32.0 Å². The number of nitrogens with one attached hydrogen (secondary N) is 1. The summed E-state index contributed by atoms with van der Waals surface area (Å²) in [6.07, 6.45) is 6.27. The number of hydrogen-bond acceptors (Lipinski definition) is 1. The zero-order valence-electron chi connectivity index (χ0n) is 7.15. The van der Waals surface area contributed by atoms with Gasteiger partial charge in [0.15, 0.2) is 0 Å². The molecule has 1 atom stereocenters. The van der Waals surface area contributed by atoms with Gasteiger partial charge in [0, 0.05) is 0 Å². The normalized spacial score (nSPS) is 13.1. The summed E-state index contributed by atoms with van der Waals surface area (Å²) in [5.41, 5.74) is 0. The Labute approximate surface area is 64.2 Å². The highest BCUT2D eigenvalue weighted by molar-refractivity contribution is 4.97. The molecule has 0 saturated carbocycles. The Morgan fingerprint density at radius 3 is 2.40 bits per heavy atom. The molecule has 1 N–H and O–H groups in total. The first-order valence-corrected chi connectivity index (χ1v) is 3.90. The third kappa shape index (κ3) is 4.40. The molecule has 0 rings (SSSR count). The van der Waals surface area contributed by atoms with Gasteiger partial charge in [-0.2, -0.15) is 0 Å². The Morgan fingerprint density at radius 2 is 2.10 bits per heavy atom. The number of terminal acetylenes is 1. The molecule has 0 heterocycles. The van der Waals surface area contributed by atoms with Gasteiger partial charge in [-0.1, -0.05) is 26.7 Å². The van der Waals surface area contributed by atoms with Crippen molar-refractivity contribution in [3.05, 3.63) is 0 Å². The van der Waals surface area contributed by atoms with E-state index in [9.17, 15) is 0 Å². The van der Waals surface area contributed by atoms with Crippen molar-refractivity contribution in [2.75, 3.05) is 6.54 Å². The van der Waals surface area contributed by atoms with Crippen molar-refractivity contribution in [3.63, 3.8) is 0 Å². The molecule has 1 heteroatoms. The molecule has 0 amide bonds. The highest BCUT2D eigenvalue weighted by Crippen LogP contribution is 1.92. The molecule has 0 saturated heterocycles. The fraction of sp³-hybridized carbons (Fsp3) is 0.778. The molecule has 0 spiro atoms. The van der Waals surface area contributed by atoms with Gasteiger partial charge in [0.05, 0.1) is 6.04 Å². The Kier molecular flexibility index (Phi) is 5.06. The minimum absolute atomic E-state index is 0.266. The third-order valence-corrected chi connectivity index (χ3v) is 1.38. The van der Waals surface area contributed by atoms with E-state index in [1.807, 2.05) is 0 Å². The summed E-state index contributed by atoms with van der Waals surface area (Å²) in [6, 6.07) is 0.266. The van der Waals surface area contributed by atoms with Gasteiger partial charge in [-0.3, -0.25) is 0 Å². The highest BCUT2D eigenvalue weighted by Gasteiger charge is 2.00. The number of rotatable bonds is 4. The van der Waals surface area contributed by atoms with Gasteiger partial charge >= 0.3 is 0 Å². The molecule has 0 radical (unpaired) electrons. The minimum atomic E-state index is 0.266. The first kappa shape index (κ1) is 9.52. The van der Waals surface area contributed by atoms with Crippen LogP contribution in [0.25, 0.3) is 0 Å². The Morgan fingerprint density at radius 1 is 1.50 bits per heavy atom. The van der Waals surface area contributed by atoms with Gasteiger partial charge in [0.1, 0.15) is 0 Å². The average molecular weight is 139 g/mol. The molecule has 58 valence electrons. The smallest absolute Gasteiger partial charge is 0.0684 e. The SMILES string of the molecule is C#CC(CC)NCC(C)C. The maximum Gasteiger partial charge on any atom is 0.0684 e. The summed E-state index contributed by atoms with van der Waals surface area (Å²) in [5.74, 6) is 3.38. The van der Waals surface area contributed by atoms with Crippen LogP contribution in [0.2, 0.25) is 0 Å². The fourth-order valence-corrected chi connectivity index (χ4v) is 0.699. The molecule has 0 bridgehead atoms. The van der Waals surface area contributed by atoms with E-state index in [0.29, 0.717) is 5.92 Å². The lowest BCUT2D eigenvalue weighted by atomic mass is 10.2. The monoisotopic (exact) mass is 139 g/mol. The molecule has 0 aromatic rings. The fourth-order valence-electron chi connectivity index (χ4n) is 0.699. The Balaban J connectivity index is 3.38. The van der Waals surface area contributed by atoms with Crippen LogP contribution in [-0.4, -0.2) is 12.6 Å². The first-order valence-electron chi connectivity index (χ1n) is 3.90. The maximum absolute atomic E-state index is 5.26. The van der Waals surface area contributed by atoms with Crippen molar-refractivity contribution in [2.45, 2.75) is 33.2 Å². The van der Waals surface area contributed by atoms with Crippen LogP contribution in [0.4, 0.5) is 0 Å². The van der Waals surface area contributed by atoms with Gasteiger partial charge in [0.2, 0.25) is 0 Å². The van der Waals surface area contributed by atoms with E-state index in [4.69, 9.17) is 6.42 Å². The quantitative estimate of drug-likeness (QED) is 0.584. The van der Waals surface area contributed by atoms with Crippen molar-refractivity contribution in [1.82, 2.24) is 5.32 Å². The van der Waals surface area contributed by atoms with Gasteiger partial charge in [0.25, 0.3) is 0 Å². The van der Waals surface area contributed by atoms with E-state index in [0.717, 1.165) is 13.0 Å². The average Bonchev–Trinajstić information content (AvgIpc) is 1.90. The van der Waals surface area contributed by atoms with Gasteiger partial charge in [-0.15, -0.1) is 6.42 Å². The summed E-state index contributed by atoms with van der Waals surface area (Å²) >= 11 is 0. The van der Waals surface area contributed by atoms with E-state index in [1.54, 1.807) is 0 Å². The van der Waals surface area contributed by atoms with Crippen LogP contribution in [0.15, 0.2) is 0 Å². The van der Waals surface area contributed by atoms with Crippen molar-refractivity contribution < 1.29 is 0 Å². The van der Waals surface area contributed by atoms with Crippen LogP contribution >= 0.6 is 0 Å². The van der Waals surface area contributed by atoms with Gasteiger partial charge in [-0.05, 0) is 18.9 Å². The first-order chi connectivity index (χ1) is 4.70. The zero-order valence-corrected chi connectivity index (χ0v) is 7.15. The lowest BCUT2D eigenvalue weighted by Gasteiger charge is -2.11. The standard InChI is InChI=1S/C9H17N/c1-5-9(6-2)10-7-8(3)4/h1,8-10H,6-7H2,2-4H3. The van der Waals surface area contributed by atoms with Crippen molar-refractivity contribution >= 4 is 0 Å². The largest absolute Gasteiger partial charge is 0.303 e. The van der Waals surface area contributed by atoms with Crippen LogP contribution in [0.5, 0.6) is 0 Å². The second-order valence-corrected chi connectivity index (χ2v) is 2.93. The summed E-state index contributed by atoms with van der Waals surface area (Å²) in [5, 5.41) is 3.28. The third-order valence-electron chi connectivity index (χ3n) is 1.38. The van der Waals surface area contributed by atoms with Crippen molar-refractivity contribution in [3.8, 4) is 12.3 Å². The van der Waals surface area contributed by atoms with Crippen LogP contribution in [0.1, 0.15) is 27.2 Å². The molecule has 0 fully saturated rings. The molecule has 1 unspecified atom stereocenters. The lowest BCUT2D eigenvalue weighted by molar-refractivity contribution is 0.510. The minimum Gasteiger partial charge on any atom is -0.303 e. The molecular weight excluding hydrogens is 122 g/mol. The summed E-state index contributed by atoms with van der Waals surface area (Å²) in [7, 11) is 0. The molecule has 0 aromatic carbocycles. The Hall–Kier alpha value is -0.480.